The summed E-state index contributed by atoms with van der Waals surface area (Å²) in [5, 5.41) is 3.74. The number of nitrogens with zero attached hydrogens (tertiary/aromatic N) is 1. The number of carbonyl (C=O) groups excluding carboxylic acids is 2. The first kappa shape index (κ1) is 24.0. The number of hydrogen-bond donors (Lipinski definition) is 1. The summed E-state index contributed by atoms with van der Waals surface area (Å²) >= 11 is 12.1. The zero-order valence-electron chi connectivity index (χ0n) is 17.7. The lowest BCUT2D eigenvalue weighted by atomic mass is 10.1. The number of ether oxygens (including phenoxy) is 1. The first-order valence-electron chi connectivity index (χ1n) is 9.85. The fraction of sp³-hybridized carbons (Fsp3) is 0.391. The predicted molar refractivity (Wildman–Crippen MR) is 121 cm³/mol. The molecule has 0 aromatic heterocycles. The van der Waals surface area contributed by atoms with Crippen LogP contribution in [0.25, 0.3) is 0 Å². The minimum Gasteiger partial charge on any atom is -0.497 e. The Morgan fingerprint density at radius 1 is 1.00 bits per heavy atom. The number of methoxy groups -OCH3 is 1. The molecular weight excluding hydrogens is 423 g/mol. The summed E-state index contributed by atoms with van der Waals surface area (Å²) in [6, 6.07) is 11.9. The van der Waals surface area contributed by atoms with Gasteiger partial charge in [-0.05, 0) is 48.2 Å². The van der Waals surface area contributed by atoms with Crippen LogP contribution in [0.3, 0.4) is 0 Å². The Morgan fingerprint density at radius 3 is 2.20 bits per heavy atom. The molecule has 2 rings (SSSR count). The second kappa shape index (κ2) is 11.2. The van der Waals surface area contributed by atoms with E-state index >= 15 is 0 Å². The van der Waals surface area contributed by atoms with E-state index in [-0.39, 0.29) is 18.2 Å². The number of nitrogens with one attached hydrogen (secondary N) is 1. The third-order valence-electron chi connectivity index (χ3n) is 4.70. The van der Waals surface area contributed by atoms with Crippen molar-refractivity contribution < 1.29 is 14.3 Å². The molecule has 0 spiro atoms. The number of amides is 2. The van der Waals surface area contributed by atoms with Gasteiger partial charge in [-0.2, -0.15) is 0 Å². The summed E-state index contributed by atoms with van der Waals surface area (Å²) in [5.74, 6) is 0.703. The zero-order valence-corrected chi connectivity index (χ0v) is 19.3. The lowest BCUT2D eigenvalue weighted by Gasteiger charge is -2.29. The Bertz CT molecular complexity index is 869. The van der Waals surface area contributed by atoms with Crippen LogP contribution in [-0.2, 0) is 22.6 Å². The largest absolute Gasteiger partial charge is 0.497 e. The number of hydrogen-bond acceptors (Lipinski definition) is 3. The van der Waals surface area contributed by atoms with Crippen molar-refractivity contribution >= 4 is 35.0 Å². The van der Waals surface area contributed by atoms with Crippen molar-refractivity contribution in [3.63, 3.8) is 0 Å². The van der Waals surface area contributed by atoms with Crippen molar-refractivity contribution in [2.24, 2.45) is 5.92 Å². The van der Waals surface area contributed by atoms with Crippen LogP contribution in [0.1, 0.15) is 31.9 Å². The van der Waals surface area contributed by atoms with Gasteiger partial charge >= 0.3 is 0 Å². The highest BCUT2D eigenvalue weighted by atomic mass is 35.5. The van der Waals surface area contributed by atoms with E-state index in [0.29, 0.717) is 29.1 Å². The van der Waals surface area contributed by atoms with Gasteiger partial charge in [0, 0.05) is 13.1 Å². The molecule has 0 aliphatic rings. The lowest BCUT2D eigenvalue weighted by molar-refractivity contribution is -0.140. The first-order chi connectivity index (χ1) is 14.2. The molecular formula is C23H28Cl2N2O3. The summed E-state index contributed by atoms with van der Waals surface area (Å²) in [7, 11) is 1.60. The molecule has 0 radical (unpaired) electrons. The fourth-order valence-corrected chi connectivity index (χ4v) is 3.21. The Balaban J connectivity index is 2.22. The molecule has 0 bridgehead atoms. The van der Waals surface area contributed by atoms with Gasteiger partial charge in [-0.3, -0.25) is 9.59 Å². The van der Waals surface area contributed by atoms with Crippen LogP contribution in [0.4, 0.5) is 0 Å². The number of rotatable bonds is 9. The van der Waals surface area contributed by atoms with Gasteiger partial charge in [0.15, 0.2) is 0 Å². The highest BCUT2D eigenvalue weighted by Gasteiger charge is 2.26. The molecule has 1 atom stereocenters. The predicted octanol–water partition coefficient (Wildman–Crippen LogP) is 4.73. The number of halogens is 2. The van der Waals surface area contributed by atoms with Crippen LogP contribution in [0, 0.1) is 5.92 Å². The molecule has 1 N–H and O–H groups in total. The van der Waals surface area contributed by atoms with Gasteiger partial charge < -0.3 is 15.0 Å². The average Bonchev–Trinajstić information content (AvgIpc) is 2.72. The highest BCUT2D eigenvalue weighted by Crippen LogP contribution is 2.23. The van der Waals surface area contributed by atoms with Gasteiger partial charge in [-0.1, -0.05) is 55.2 Å². The van der Waals surface area contributed by atoms with E-state index in [9.17, 15) is 9.59 Å². The second-order valence-corrected chi connectivity index (χ2v) is 8.42. The summed E-state index contributed by atoms with van der Waals surface area (Å²) in [6.45, 7) is 6.65. The normalized spacial score (nSPS) is 11.8. The van der Waals surface area contributed by atoms with E-state index in [0.717, 1.165) is 16.9 Å². The maximum Gasteiger partial charge on any atom is 0.242 e. The summed E-state index contributed by atoms with van der Waals surface area (Å²) in [6.07, 6.45) is 0.120. The topological polar surface area (TPSA) is 58.6 Å². The van der Waals surface area contributed by atoms with Gasteiger partial charge in [0.25, 0.3) is 0 Å². The Labute approximate surface area is 188 Å². The lowest BCUT2D eigenvalue weighted by Crippen LogP contribution is -2.48. The van der Waals surface area contributed by atoms with E-state index in [1.54, 1.807) is 37.1 Å². The van der Waals surface area contributed by atoms with E-state index < -0.39 is 6.04 Å². The maximum atomic E-state index is 13.2. The van der Waals surface area contributed by atoms with E-state index in [4.69, 9.17) is 27.9 Å². The van der Waals surface area contributed by atoms with Crippen LogP contribution >= 0.6 is 23.2 Å². The quantitative estimate of drug-likeness (QED) is 0.600. The fourth-order valence-electron chi connectivity index (χ4n) is 2.89. The first-order valence-corrected chi connectivity index (χ1v) is 10.6. The Hall–Kier alpha value is -2.24. The Kier molecular flexibility index (Phi) is 9.00. The number of carbonyl (C=O) groups is 2. The van der Waals surface area contributed by atoms with E-state index in [2.05, 4.69) is 5.32 Å². The molecule has 2 aromatic carbocycles. The molecule has 0 fully saturated rings. The summed E-state index contributed by atoms with van der Waals surface area (Å²) < 4.78 is 5.19. The molecule has 7 heteroatoms. The third-order valence-corrected chi connectivity index (χ3v) is 5.44. The Morgan fingerprint density at radius 2 is 1.63 bits per heavy atom. The van der Waals surface area contributed by atoms with Crippen LogP contribution in [0.5, 0.6) is 5.75 Å². The van der Waals surface area contributed by atoms with Crippen molar-refractivity contribution in [2.75, 3.05) is 13.7 Å². The van der Waals surface area contributed by atoms with Gasteiger partial charge in [0.2, 0.25) is 11.8 Å². The van der Waals surface area contributed by atoms with Gasteiger partial charge in [0.1, 0.15) is 11.8 Å². The van der Waals surface area contributed by atoms with Crippen molar-refractivity contribution in [2.45, 2.75) is 39.8 Å². The molecule has 5 nitrogen and oxygen atoms in total. The molecule has 2 amide bonds. The average molecular weight is 451 g/mol. The maximum absolute atomic E-state index is 13.2. The third kappa shape index (κ3) is 6.92. The molecule has 0 aliphatic carbocycles. The standard InChI is InChI=1S/C23H28Cl2N2O3/c1-15(2)13-26-23(29)16(3)27(14-17-5-8-19(30-4)9-6-17)22(28)12-18-7-10-20(24)21(25)11-18/h5-11,15-16H,12-14H2,1-4H3,(H,26,29)/t16-/m1/s1. The second-order valence-electron chi connectivity index (χ2n) is 7.61. The molecule has 2 aromatic rings. The smallest absolute Gasteiger partial charge is 0.242 e. The molecule has 30 heavy (non-hydrogen) atoms. The van der Waals surface area contributed by atoms with Crippen molar-refractivity contribution in [1.29, 1.82) is 0 Å². The van der Waals surface area contributed by atoms with Crippen LogP contribution in [0.15, 0.2) is 42.5 Å². The SMILES string of the molecule is COc1ccc(CN(C(=O)Cc2ccc(Cl)c(Cl)c2)[C@H](C)C(=O)NCC(C)C)cc1. The zero-order chi connectivity index (χ0) is 22.3. The molecule has 0 heterocycles. The molecule has 162 valence electrons. The van der Waals surface area contributed by atoms with E-state index in [1.807, 2.05) is 38.1 Å². The molecule has 0 saturated heterocycles. The van der Waals surface area contributed by atoms with Gasteiger partial charge in [-0.15, -0.1) is 0 Å². The minimum absolute atomic E-state index is 0.120. The van der Waals surface area contributed by atoms with Gasteiger partial charge in [-0.25, -0.2) is 0 Å². The van der Waals surface area contributed by atoms with Crippen LogP contribution < -0.4 is 10.1 Å². The summed E-state index contributed by atoms with van der Waals surface area (Å²) in [5.41, 5.74) is 1.64. The summed E-state index contributed by atoms with van der Waals surface area (Å²) in [4.78, 5) is 27.4. The molecule has 0 unspecified atom stereocenters. The van der Waals surface area contributed by atoms with Gasteiger partial charge in [0.05, 0.1) is 23.6 Å². The van der Waals surface area contributed by atoms with Crippen molar-refractivity contribution in [3.05, 3.63) is 63.6 Å². The number of benzene rings is 2. The van der Waals surface area contributed by atoms with Crippen molar-refractivity contribution in [1.82, 2.24) is 10.2 Å². The van der Waals surface area contributed by atoms with Crippen molar-refractivity contribution in [3.8, 4) is 5.75 Å². The highest BCUT2D eigenvalue weighted by molar-refractivity contribution is 6.42. The molecule has 0 saturated carbocycles. The molecule has 0 aliphatic heterocycles. The minimum atomic E-state index is -0.624. The van der Waals surface area contributed by atoms with Crippen LogP contribution in [-0.4, -0.2) is 36.4 Å². The van der Waals surface area contributed by atoms with Crippen LogP contribution in [0.2, 0.25) is 10.0 Å². The monoisotopic (exact) mass is 450 g/mol. The van der Waals surface area contributed by atoms with E-state index in [1.165, 1.54) is 0 Å².